The second kappa shape index (κ2) is 4.74. The lowest BCUT2D eigenvalue weighted by Gasteiger charge is -2.21. The standard InChI is InChI=1S/C10H16N2O2S/c1-11(2)15(13,14)12(3)9-10-7-5-4-6-8-10/h4-8H,9H2,1-3H3. The molecular weight excluding hydrogens is 212 g/mol. The van der Waals surface area contributed by atoms with Crippen LogP contribution in [0.3, 0.4) is 0 Å². The van der Waals surface area contributed by atoms with E-state index >= 15 is 0 Å². The molecule has 5 heteroatoms. The number of rotatable bonds is 4. The fourth-order valence-corrected chi connectivity index (χ4v) is 2.07. The van der Waals surface area contributed by atoms with Crippen LogP contribution in [0.5, 0.6) is 0 Å². The van der Waals surface area contributed by atoms with Crippen LogP contribution in [0.15, 0.2) is 30.3 Å². The third-order valence-electron chi connectivity index (χ3n) is 2.10. The van der Waals surface area contributed by atoms with Crippen LogP contribution >= 0.6 is 0 Å². The molecule has 0 aliphatic heterocycles. The molecule has 0 aromatic heterocycles. The summed E-state index contributed by atoms with van der Waals surface area (Å²) in [5.41, 5.74) is 0.977. The van der Waals surface area contributed by atoms with Crippen molar-refractivity contribution in [3.05, 3.63) is 35.9 Å². The predicted molar refractivity (Wildman–Crippen MR) is 60.5 cm³/mol. The highest BCUT2D eigenvalue weighted by Gasteiger charge is 2.19. The first-order valence-corrected chi connectivity index (χ1v) is 6.02. The SMILES string of the molecule is CN(C)S(=O)(=O)N(C)Cc1ccccc1. The van der Waals surface area contributed by atoms with Crippen molar-refractivity contribution in [1.82, 2.24) is 8.61 Å². The Hall–Kier alpha value is -0.910. The van der Waals surface area contributed by atoms with Gasteiger partial charge in [-0.2, -0.15) is 17.0 Å². The fraction of sp³-hybridized carbons (Fsp3) is 0.400. The van der Waals surface area contributed by atoms with Crippen LogP contribution in [0.4, 0.5) is 0 Å². The van der Waals surface area contributed by atoms with Gasteiger partial charge >= 0.3 is 0 Å². The topological polar surface area (TPSA) is 40.6 Å². The Morgan fingerprint density at radius 2 is 1.60 bits per heavy atom. The average molecular weight is 228 g/mol. The molecule has 0 heterocycles. The van der Waals surface area contributed by atoms with E-state index in [0.29, 0.717) is 6.54 Å². The Labute approximate surface area is 91.3 Å². The molecule has 1 rings (SSSR count). The van der Waals surface area contributed by atoms with E-state index in [1.165, 1.54) is 22.7 Å². The van der Waals surface area contributed by atoms with Crippen LogP contribution in [0.1, 0.15) is 5.56 Å². The zero-order chi connectivity index (χ0) is 11.5. The van der Waals surface area contributed by atoms with Gasteiger partial charge in [-0.1, -0.05) is 30.3 Å². The largest absolute Gasteiger partial charge is 0.281 e. The molecule has 4 nitrogen and oxygen atoms in total. The van der Waals surface area contributed by atoms with E-state index in [2.05, 4.69) is 0 Å². The maximum Gasteiger partial charge on any atom is 0.281 e. The summed E-state index contributed by atoms with van der Waals surface area (Å²) in [6.07, 6.45) is 0. The van der Waals surface area contributed by atoms with Crippen molar-refractivity contribution in [2.45, 2.75) is 6.54 Å². The summed E-state index contributed by atoms with van der Waals surface area (Å²) in [4.78, 5) is 0. The van der Waals surface area contributed by atoms with E-state index in [9.17, 15) is 8.42 Å². The van der Waals surface area contributed by atoms with Crippen LogP contribution in [0.2, 0.25) is 0 Å². The van der Waals surface area contributed by atoms with Gasteiger partial charge in [-0.05, 0) is 5.56 Å². The molecule has 0 atom stereocenters. The molecular formula is C10H16N2O2S. The van der Waals surface area contributed by atoms with Crippen LogP contribution in [0.25, 0.3) is 0 Å². The first-order valence-electron chi connectivity index (χ1n) is 4.62. The molecule has 0 amide bonds. The predicted octanol–water partition coefficient (Wildman–Crippen LogP) is 0.925. The van der Waals surface area contributed by atoms with Crippen molar-refractivity contribution in [1.29, 1.82) is 0 Å². The minimum atomic E-state index is -3.31. The van der Waals surface area contributed by atoms with Gasteiger partial charge in [0, 0.05) is 27.7 Å². The van der Waals surface area contributed by atoms with Gasteiger partial charge in [0.2, 0.25) is 0 Å². The van der Waals surface area contributed by atoms with E-state index in [-0.39, 0.29) is 0 Å². The molecule has 0 bridgehead atoms. The van der Waals surface area contributed by atoms with Gasteiger partial charge in [0.05, 0.1) is 0 Å². The zero-order valence-corrected chi connectivity index (χ0v) is 10.0. The van der Waals surface area contributed by atoms with E-state index in [0.717, 1.165) is 5.56 Å². The number of hydrogen-bond acceptors (Lipinski definition) is 2. The maximum atomic E-state index is 11.7. The molecule has 15 heavy (non-hydrogen) atoms. The Morgan fingerprint density at radius 1 is 1.07 bits per heavy atom. The first-order chi connectivity index (χ1) is 6.94. The molecule has 0 saturated carbocycles. The minimum absolute atomic E-state index is 0.390. The van der Waals surface area contributed by atoms with Crippen molar-refractivity contribution in [3.63, 3.8) is 0 Å². The van der Waals surface area contributed by atoms with E-state index in [1.807, 2.05) is 30.3 Å². The number of hydrogen-bond donors (Lipinski definition) is 0. The molecule has 0 saturated heterocycles. The van der Waals surface area contributed by atoms with Crippen molar-refractivity contribution in [2.75, 3.05) is 21.1 Å². The van der Waals surface area contributed by atoms with E-state index in [1.54, 1.807) is 7.05 Å². The highest BCUT2D eigenvalue weighted by Crippen LogP contribution is 2.08. The third-order valence-corrected chi connectivity index (χ3v) is 3.94. The lowest BCUT2D eigenvalue weighted by molar-refractivity contribution is 0.414. The van der Waals surface area contributed by atoms with Gasteiger partial charge in [0.25, 0.3) is 10.2 Å². The van der Waals surface area contributed by atoms with Crippen molar-refractivity contribution >= 4 is 10.2 Å². The molecule has 0 N–H and O–H groups in total. The normalized spacial score (nSPS) is 12.3. The first kappa shape index (κ1) is 12.2. The maximum absolute atomic E-state index is 11.7. The van der Waals surface area contributed by atoms with E-state index in [4.69, 9.17) is 0 Å². The van der Waals surface area contributed by atoms with Crippen molar-refractivity contribution in [2.24, 2.45) is 0 Å². The van der Waals surface area contributed by atoms with Gasteiger partial charge in [-0.15, -0.1) is 0 Å². The molecule has 0 aliphatic rings. The van der Waals surface area contributed by atoms with Crippen LogP contribution in [-0.2, 0) is 16.8 Å². The van der Waals surface area contributed by atoms with Crippen molar-refractivity contribution in [3.8, 4) is 0 Å². The summed E-state index contributed by atoms with van der Waals surface area (Å²) in [5.74, 6) is 0. The summed E-state index contributed by atoms with van der Waals surface area (Å²) in [7, 11) is 1.31. The zero-order valence-electron chi connectivity index (χ0n) is 9.21. The van der Waals surface area contributed by atoms with Crippen LogP contribution in [-0.4, -0.2) is 38.2 Å². The molecule has 0 aliphatic carbocycles. The molecule has 1 aromatic carbocycles. The minimum Gasteiger partial charge on any atom is -0.195 e. The smallest absolute Gasteiger partial charge is 0.195 e. The number of benzene rings is 1. The molecule has 0 spiro atoms. The lowest BCUT2D eigenvalue weighted by Crippen LogP contribution is -2.36. The van der Waals surface area contributed by atoms with Gasteiger partial charge in [-0.3, -0.25) is 0 Å². The third kappa shape index (κ3) is 3.02. The fourth-order valence-electron chi connectivity index (χ4n) is 1.20. The Balaban J connectivity index is 2.77. The Morgan fingerprint density at radius 3 is 2.07 bits per heavy atom. The van der Waals surface area contributed by atoms with Crippen molar-refractivity contribution < 1.29 is 8.42 Å². The summed E-state index contributed by atoms with van der Waals surface area (Å²) in [6.45, 7) is 0.390. The summed E-state index contributed by atoms with van der Waals surface area (Å²) in [6, 6.07) is 9.50. The second-order valence-corrected chi connectivity index (χ2v) is 5.78. The summed E-state index contributed by atoms with van der Waals surface area (Å²) in [5, 5.41) is 0. The highest BCUT2D eigenvalue weighted by atomic mass is 32.2. The van der Waals surface area contributed by atoms with Gasteiger partial charge in [0.15, 0.2) is 0 Å². The molecule has 84 valence electrons. The molecule has 1 aromatic rings. The average Bonchev–Trinajstić information content (AvgIpc) is 2.18. The Bertz CT molecular complexity index is 401. The lowest BCUT2D eigenvalue weighted by atomic mass is 10.2. The molecule has 0 radical (unpaired) electrons. The van der Waals surface area contributed by atoms with E-state index < -0.39 is 10.2 Å². The van der Waals surface area contributed by atoms with Gasteiger partial charge in [0.1, 0.15) is 0 Å². The Kier molecular flexibility index (Phi) is 3.84. The van der Waals surface area contributed by atoms with Crippen LogP contribution in [0, 0.1) is 0 Å². The summed E-state index contributed by atoms with van der Waals surface area (Å²) >= 11 is 0. The molecule has 0 fully saturated rings. The second-order valence-electron chi connectivity index (χ2n) is 3.53. The highest BCUT2D eigenvalue weighted by molar-refractivity contribution is 7.86. The van der Waals surface area contributed by atoms with Gasteiger partial charge < -0.3 is 0 Å². The number of nitrogens with zero attached hydrogens (tertiary/aromatic N) is 2. The van der Waals surface area contributed by atoms with Crippen LogP contribution < -0.4 is 0 Å². The monoisotopic (exact) mass is 228 g/mol. The summed E-state index contributed by atoms with van der Waals surface area (Å²) < 4.78 is 25.9. The molecule has 0 unspecified atom stereocenters. The van der Waals surface area contributed by atoms with Gasteiger partial charge in [-0.25, -0.2) is 0 Å². The quantitative estimate of drug-likeness (QED) is 0.769.